The molecule has 6 heteroatoms. The minimum atomic E-state index is -0.829. The number of carbonyl (C=O) groups excluding carboxylic acids is 4. The number of carbonyl (C=O) groups is 4. The Bertz CT molecular complexity index is 953. The van der Waals surface area contributed by atoms with E-state index in [1.54, 1.807) is 45.9 Å². The van der Waals surface area contributed by atoms with Crippen molar-refractivity contribution >= 4 is 23.5 Å². The SMILES string of the molecule is C=C/C=C(\C=C)COC(=O)C(C)(C)CCC(=O)CCC(=O)CCC(C)(C)C(=O)OCc1ccccc1. The van der Waals surface area contributed by atoms with Crippen molar-refractivity contribution < 1.29 is 28.7 Å². The zero-order chi connectivity index (χ0) is 27.2. The topological polar surface area (TPSA) is 86.7 Å². The lowest BCUT2D eigenvalue weighted by atomic mass is 9.85. The third-order valence-corrected chi connectivity index (χ3v) is 6.02. The second-order valence-corrected chi connectivity index (χ2v) is 10.2. The Balaban J connectivity index is 2.37. The first-order valence-electron chi connectivity index (χ1n) is 12.3. The molecule has 0 N–H and O–H groups in total. The van der Waals surface area contributed by atoms with Gasteiger partial charge >= 0.3 is 11.9 Å². The number of Topliss-reactive ketones (excluding diaryl/α,β-unsaturated/α-hetero) is 2. The van der Waals surface area contributed by atoms with E-state index >= 15 is 0 Å². The number of ketones is 2. The van der Waals surface area contributed by atoms with Crippen LogP contribution in [0.1, 0.15) is 71.8 Å². The van der Waals surface area contributed by atoms with Gasteiger partial charge in [-0.25, -0.2) is 0 Å². The van der Waals surface area contributed by atoms with Crippen molar-refractivity contribution in [2.24, 2.45) is 10.8 Å². The van der Waals surface area contributed by atoms with E-state index in [-0.39, 0.29) is 56.4 Å². The molecule has 0 aromatic heterocycles. The zero-order valence-electron chi connectivity index (χ0n) is 22.1. The highest BCUT2D eigenvalue weighted by Crippen LogP contribution is 2.27. The summed E-state index contributed by atoms with van der Waals surface area (Å²) in [6, 6.07) is 9.41. The maximum Gasteiger partial charge on any atom is 0.311 e. The quantitative estimate of drug-likeness (QED) is 0.191. The van der Waals surface area contributed by atoms with E-state index in [2.05, 4.69) is 13.2 Å². The molecule has 0 radical (unpaired) electrons. The first kappa shape index (κ1) is 30.8. The Kier molecular flexibility index (Phi) is 12.8. The number of hydrogen-bond donors (Lipinski definition) is 0. The molecule has 0 aliphatic rings. The van der Waals surface area contributed by atoms with Crippen LogP contribution in [-0.4, -0.2) is 30.1 Å². The second-order valence-electron chi connectivity index (χ2n) is 10.2. The van der Waals surface area contributed by atoms with Crippen LogP contribution in [-0.2, 0) is 35.3 Å². The number of hydrogen-bond acceptors (Lipinski definition) is 6. The Hall–Kier alpha value is -3.28. The lowest BCUT2D eigenvalue weighted by molar-refractivity contribution is -0.156. The molecule has 36 heavy (non-hydrogen) atoms. The Labute approximate surface area is 215 Å². The Morgan fingerprint density at radius 2 is 1.28 bits per heavy atom. The van der Waals surface area contributed by atoms with E-state index in [1.807, 2.05) is 30.3 Å². The van der Waals surface area contributed by atoms with E-state index in [0.29, 0.717) is 12.8 Å². The van der Waals surface area contributed by atoms with Crippen molar-refractivity contribution in [2.75, 3.05) is 6.61 Å². The largest absolute Gasteiger partial charge is 0.460 e. The van der Waals surface area contributed by atoms with Gasteiger partial charge in [0, 0.05) is 25.7 Å². The molecule has 0 saturated carbocycles. The van der Waals surface area contributed by atoms with Crippen LogP contribution < -0.4 is 0 Å². The Morgan fingerprint density at radius 1 is 0.778 bits per heavy atom. The maximum atomic E-state index is 12.4. The molecule has 0 amide bonds. The average Bonchev–Trinajstić information content (AvgIpc) is 2.86. The molecule has 1 aromatic carbocycles. The molecule has 1 rings (SSSR count). The number of rotatable bonds is 17. The molecular formula is C30H40O6. The number of benzene rings is 1. The summed E-state index contributed by atoms with van der Waals surface area (Å²) in [5.41, 5.74) is 0.00481. The Morgan fingerprint density at radius 3 is 1.75 bits per heavy atom. The first-order chi connectivity index (χ1) is 16.9. The summed E-state index contributed by atoms with van der Waals surface area (Å²) in [5, 5.41) is 0. The predicted molar refractivity (Wildman–Crippen MR) is 141 cm³/mol. The monoisotopic (exact) mass is 496 g/mol. The second kappa shape index (κ2) is 15.0. The van der Waals surface area contributed by atoms with Crippen LogP contribution in [0.4, 0.5) is 0 Å². The minimum Gasteiger partial charge on any atom is -0.460 e. The van der Waals surface area contributed by atoms with Crippen molar-refractivity contribution in [1.29, 1.82) is 0 Å². The summed E-state index contributed by atoms with van der Waals surface area (Å²) < 4.78 is 10.7. The van der Waals surface area contributed by atoms with Crippen LogP contribution in [0.25, 0.3) is 0 Å². The van der Waals surface area contributed by atoms with Crippen molar-refractivity contribution in [1.82, 2.24) is 0 Å². The summed E-state index contributed by atoms with van der Waals surface area (Å²) in [5.74, 6) is -0.907. The van der Waals surface area contributed by atoms with E-state index in [1.165, 1.54) is 0 Å². The standard InChI is InChI=1S/C30H40O6/c1-7-12-23(8-2)21-35-27(33)29(3,4)19-17-25(31)15-16-26(32)18-20-30(5,6)28(34)36-22-24-13-10-9-11-14-24/h7-14H,1-2,15-22H2,3-6H3/b23-12+. The molecule has 0 heterocycles. The molecule has 0 unspecified atom stereocenters. The smallest absolute Gasteiger partial charge is 0.311 e. The summed E-state index contributed by atoms with van der Waals surface area (Å²) in [4.78, 5) is 49.5. The number of esters is 2. The number of ether oxygens (including phenoxy) is 2. The first-order valence-corrected chi connectivity index (χ1v) is 12.3. The summed E-state index contributed by atoms with van der Waals surface area (Å²) in [6.45, 7) is 14.5. The molecule has 0 bridgehead atoms. The minimum absolute atomic E-state index is 0.0723. The van der Waals surface area contributed by atoms with Crippen LogP contribution in [0.5, 0.6) is 0 Å². The molecule has 0 spiro atoms. The van der Waals surface area contributed by atoms with Crippen LogP contribution in [0.2, 0.25) is 0 Å². The molecule has 0 saturated heterocycles. The van der Waals surface area contributed by atoms with Gasteiger partial charge in [0.2, 0.25) is 0 Å². The molecule has 6 nitrogen and oxygen atoms in total. The lowest BCUT2D eigenvalue weighted by Gasteiger charge is -2.22. The van der Waals surface area contributed by atoms with Gasteiger partial charge in [0.05, 0.1) is 10.8 Å². The van der Waals surface area contributed by atoms with Gasteiger partial charge in [0.25, 0.3) is 0 Å². The van der Waals surface area contributed by atoms with Gasteiger partial charge in [-0.1, -0.05) is 61.7 Å². The number of allylic oxidation sites excluding steroid dienone is 2. The summed E-state index contributed by atoms with van der Waals surface area (Å²) in [6.07, 6.45) is 6.19. The van der Waals surface area contributed by atoms with E-state index in [0.717, 1.165) is 11.1 Å². The average molecular weight is 497 g/mol. The highest BCUT2D eigenvalue weighted by atomic mass is 16.5. The fourth-order valence-corrected chi connectivity index (χ4v) is 3.23. The van der Waals surface area contributed by atoms with Crippen molar-refractivity contribution in [2.45, 2.75) is 72.8 Å². The van der Waals surface area contributed by atoms with Gasteiger partial charge in [-0.15, -0.1) is 0 Å². The van der Waals surface area contributed by atoms with Crippen LogP contribution in [0, 0.1) is 10.8 Å². The van der Waals surface area contributed by atoms with Crippen molar-refractivity contribution in [3.8, 4) is 0 Å². The lowest BCUT2D eigenvalue weighted by Crippen LogP contribution is -2.28. The van der Waals surface area contributed by atoms with Gasteiger partial charge in [0.15, 0.2) is 0 Å². The normalized spacial score (nSPS) is 11.9. The molecule has 0 aliphatic heterocycles. The van der Waals surface area contributed by atoms with Crippen LogP contribution in [0.15, 0.2) is 67.3 Å². The molecular weight excluding hydrogens is 456 g/mol. The summed E-state index contributed by atoms with van der Waals surface area (Å²) >= 11 is 0. The fourth-order valence-electron chi connectivity index (χ4n) is 3.23. The third-order valence-electron chi connectivity index (χ3n) is 6.02. The van der Waals surface area contributed by atoms with E-state index in [4.69, 9.17) is 9.47 Å². The fraction of sp³-hybridized carbons (Fsp3) is 0.467. The molecule has 196 valence electrons. The maximum absolute atomic E-state index is 12.4. The van der Waals surface area contributed by atoms with Gasteiger partial charge in [0.1, 0.15) is 24.8 Å². The molecule has 0 aliphatic carbocycles. The molecule has 0 fully saturated rings. The van der Waals surface area contributed by atoms with E-state index < -0.39 is 16.8 Å². The van der Waals surface area contributed by atoms with Gasteiger partial charge < -0.3 is 9.47 Å². The molecule has 0 atom stereocenters. The van der Waals surface area contributed by atoms with Crippen LogP contribution in [0.3, 0.4) is 0 Å². The van der Waals surface area contributed by atoms with Crippen LogP contribution >= 0.6 is 0 Å². The zero-order valence-corrected chi connectivity index (χ0v) is 22.1. The van der Waals surface area contributed by atoms with Crippen molar-refractivity contribution in [3.63, 3.8) is 0 Å². The van der Waals surface area contributed by atoms with E-state index in [9.17, 15) is 19.2 Å². The van der Waals surface area contributed by atoms with Gasteiger partial charge in [-0.3, -0.25) is 19.2 Å². The van der Waals surface area contributed by atoms with Gasteiger partial charge in [-0.05, 0) is 51.7 Å². The third kappa shape index (κ3) is 11.4. The highest BCUT2D eigenvalue weighted by Gasteiger charge is 2.31. The summed E-state index contributed by atoms with van der Waals surface area (Å²) in [7, 11) is 0. The van der Waals surface area contributed by atoms with Gasteiger partial charge in [-0.2, -0.15) is 0 Å². The highest BCUT2D eigenvalue weighted by molar-refractivity contribution is 5.87. The van der Waals surface area contributed by atoms with Crippen molar-refractivity contribution in [3.05, 3.63) is 72.9 Å². The molecule has 1 aromatic rings. The predicted octanol–water partition coefficient (Wildman–Crippen LogP) is 6.10.